The van der Waals surface area contributed by atoms with Crippen LogP contribution >= 0.6 is 0 Å². The second-order valence-electron chi connectivity index (χ2n) is 11.9. The Hall–Kier alpha value is -3.99. The lowest BCUT2D eigenvalue weighted by Gasteiger charge is -2.38. The number of hydrogen-bond acceptors (Lipinski definition) is 5. The lowest BCUT2D eigenvalue weighted by molar-refractivity contribution is -0.127. The minimum absolute atomic E-state index is 0.0148. The van der Waals surface area contributed by atoms with Gasteiger partial charge in [0.25, 0.3) is 0 Å². The Morgan fingerprint density at radius 3 is 2.23 bits per heavy atom. The standard InChI is InChI=1S/C34H33NO4/c1-6-39-26-14-10-9-13-24(26)28-29(32(38)33(3,4)5)35-25-17-15-20(2)19-21(25)16-18-27(35)34(28)30(36)22-11-7-8-12-23(22)31(34)37/h7-19,27-29H,6H2,1-5H3. The molecule has 0 aromatic heterocycles. The summed E-state index contributed by atoms with van der Waals surface area (Å²) in [6, 6.07) is 19.4. The Labute approximate surface area is 229 Å². The molecule has 3 aromatic carbocycles. The number of rotatable bonds is 4. The Morgan fingerprint density at radius 2 is 1.59 bits per heavy atom. The van der Waals surface area contributed by atoms with Crippen LogP contribution in [0.25, 0.3) is 6.08 Å². The SMILES string of the molecule is CCOc1ccccc1C1C(C(=O)C(C)(C)C)N2c3ccc(C)cc3C=CC2C12C(=O)c1ccccc1C2=O. The van der Waals surface area contributed by atoms with Crippen molar-refractivity contribution in [2.75, 3.05) is 11.5 Å². The maximum atomic E-state index is 14.7. The van der Waals surface area contributed by atoms with E-state index in [1.54, 1.807) is 24.3 Å². The molecule has 1 saturated heterocycles. The number of nitrogens with zero attached hydrogens (tertiary/aromatic N) is 1. The van der Waals surface area contributed by atoms with E-state index >= 15 is 0 Å². The van der Waals surface area contributed by atoms with Crippen LogP contribution in [0.3, 0.4) is 0 Å². The van der Waals surface area contributed by atoms with Crippen molar-refractivity contribution in [2.24, 2.45) is 10.8 Å². The van der Waals surface area contributed by atoms with Crippen molar-refractivity contribution < 1.29 is 19.1 Å². The van der Waals surface area contributed by atoms with Gasteiger partial charge in [0.15, 0.2) is 17.3 Å². The summed E-state index contributed by atoms with van der Waals surface area (Å²) < 4.78 is 6.08. The van der Waals surface area contributed by atoms with Crippen molar-refractivity contribution in [3.63, 3.8) is 0 Å². The van der Waals surface area contributed by atoms with Crippen LogP contribution in [0, 0.1) is 17.8 Å². The molecule has 5 nitrogen and oxygen atoms in total. The van der Waals surface area contributed by atoms with E-state index in [0.29, 0.717) is 29.0 Å². The number of carbonyl (C=O) groups is 3. The predicted molar refractivity (Wildman–Crippen MR) is 153 cm³/mol. The van der Waals surface area contributed by atoms with Crippen LogP contribution in [0.1, 0.15) is 71.0 Å². The molecule has 5 heteroatoms. The van der Waals surface area contributed by atoms with E-state index in [4.69, 9.17) is 4.74 Å². The van der Waals surface area contributed by atoms with E-state index in [1.807, 2.05) is 83.2 Å². The highest BCUT2D eigenvalue weighted by atomic mass is 16.5. The van der Waals surface area contributed by atoms with Gasteiger partial charge in [-0.1, -0.05) is 87.0 Å². The monoisotopic (exact) mass is 519 g/mol. The number of aryl methyl sites for hydroxylation is 1. The zero-order valence-electron chi connectivity index (χ0n) is 23.0. The summed E-state index contributed by atoms with van der Waals surface area (Å²) in [6.07, 6.45) is 3.97. The highest BCUT2D eigenvalue weighted by Crippen LogP contribution is 2.62. The van der Waals surface area contributed by atoms with Gasteiger partial charge in [-0.2, -0.15) is 0 Å². The van der Waals surface area contributed by atoms with E-state index in [0.717, 1.165) is 16.8 Å². The topological polar surface area (TPSA) is 63.7 Å². The molecule has 3 aromatic rings. The highest BCUT2D eigenvalue weighted by Gasteiger charge is 2.72. The number of fused-ring (bicyclic) bond motifs is 5. The summed E-state index contributed by atoms with van der Waals surface area (Å²) in [5.74, 6) is -0.612. The Kier molecular flexibility index (Phi) is 5.69. The normalized spacial score (nSPS) is 22.6. The van der Waals surface area contributed by atoms with Gasteiger partial charge in [0.1, 0.15) is 11.2 Å². The second-order valence-corrected chi connectivity index (χ2v) is 11.9. The molecule has 0 amide bonds. The van der Waals surface area contributed by atoms with Gasteiger partial charge in [-0.3, -0.25) is 14.4 Å². The van der Waals surface area contributed by atoms with Crippen LogP contribution in [0.5, 0.6) is 5.75 Å². The summed E-state index contributed by atoms with van der Waals surface area (Å²) in [7, 11) is 0. The zero-order chi connectivity index (χ0) is 27.7. The molecule has 1 spiro atoms. The van der Waals surface area contributed by atoms with Gasteiger partial charge < -0.3 is 9.64 Å². The molecule has 0 saturated carbocycles. The number of para-hydroxylation sites is 1. The summed E-state index contributed by atoms with van der Waals surface area (Å²) >= 11 is 0. The first kappa shape index (κ1) is 25.3. The van der Waals surface area contributed by atoms with Crippen LogP contribution in [-0.2, 0) is 4.79 Å². The third-order valence-corrected chi connectivity index (χ3v) is 8.52. The van der Waals surface area contributed by atoms with Gasteiger partial charge in [0, 0.05) is 33.7 Å². The smallest absolute Gasteiger partial charge is 0.180 e. The second kappa shape index (κ2) is 8.77. The zero-order valence-corrected chi connectivity index (χ0v) is 23.0. The maximum absolute atomic E-state index is 14.7. The molecule has 1 aliphatic carbocycles. The van der Waals surface area contributed by atoms with Gasteiger partial charge in [0.05, 0.1) is 18.7 Å². The molecular weight excluding hydrogens is 486 g/mol. The Morgan fingerprint density at radius 1 is 0.949 bits per heavy atom. The first-order chi connectivity index (χ1) is 18.6. The number of benzene rings is 3. The number of anilines is 1. The average Bonchev–Trinajstić information content (AvgIpc) is 3.34. The van der Waals surface area contributed by atoms with Gasteiger partial charge >= 0.3 is 0 Å². The molecule has 6 rings (SSSR count). The van der Waals surface area contributed by atoms with E-state index in [9.17, 15) is 14.4 Å². The van der Waals surface area contributed by atoms with Crippen LogP contribution in [0.4, 0.5) is 5.69 Å². The molecule has 1 fully saturated rings. The number of ketones is 3. The number of hydrogen-bond donors (Lipinski definition) is 0. The Bertz CT molecular complexity index is 1520. The largest absolute Gasteiger partial charge is 0.494 e. The van der Waals surface area contributed by atoms with E-state index in [-0.39, 0.29) is 17.3 Å². The lowest BCUT2D eigenvalue weighted by atomic mass is 9.63. The van der Waals surface area contributed by atoms with E-state index in [1.165, 1.54) is 0 Å². The maximum Gasteiger partial charge on any atom is 0.180 e. The predicted octanol–water partition coefficient (Wildman–Crippen LogP) is 6.44. The van der Waals surface area contributed by atoms with Crippen molar-refractivity contribution in [2.45, 2.75) is 52.6 Å². The fourth-order valence-electron chi connectivity index (χ4n) is 6.91. The molecule has 198 valence electrons. The van der Waals surface area contributed by atoms with Gasteiger partial charge in [-0.05, 0) is 37.6 Å². The lowest BCUT2D eigenvalue weighted by Crippen LogP contribution is -2.49. The third-order valence-electron chi connectivity index (χ3n) is 8.52. The van der Waals surface area contributed by atoms with Crippen molar-refractivity contribution in [1.82, 2.24) is 0 Å². The molecule has 0 bridgehead atoms. The summed E-state index contributed by atoms with van der Waals surface area (Å²) in [4.78, 5) is 46.0. The molecule has 2 heterocycles. The van der Waals surface area contributed by atoms with Gasteiger partial charge in [-0.15, -0.1) is 0 Å². The molecule has 39 heavy (non-hydrogen) atoms. The summed E-state index contributed by atoms with van der Waals surface area (Å²) in [6.45, 7) is 10.1. The quantitative estimate of drug-likeness (QED) is 0.371. The van der Waals surface area contributed by atoms with E-state index < -0.39 is 28.8 Å². The van der Waals surface area contributed by atoms with E-state index in [2.05, 4.69) is 11.0 Å². The van der Waals surface area contributed by atoms with Crippen molar-refractivity contribution >= 4 is 29.1 Å². The number of Topliss-reactive ketones (excluding diaryl/α,β-unsaturated/α-hetero) is 3. The van der Waals surface area contributed by atoms with Crippen LogP contribution in [0.15, 0.2) is 72.8 Å². The molecule has 0 radical (unpaired) electrons. The van der Waals surface area contributed by atoms with Gasteiger partial charge in [0.2, 0.25) is 0 Å². The molecule has 2 aliphatic heterocycles. The van der Waals surface area contributed by atoms with Crippen LogP contribution in [-0.4, -0.2) is 36.0 Å². The van der Waals surface area contributed by atoms with Gasteiger partial charge in [-0.25, -0.2) is 0 Å². The van der Waals surface area contributed by atoms with Crippen LogP contribution in [0.2, 0.25) is 0 Å². The fraction of sp³-hybridized carbons (Fsp3) is 0.324. The molecule has 3 atom stereocenters. The molecule has 0 N–H and O–H groups in total. The van der Waals surface area contributed by atoms with Crippen molar-refractivity contribution in [1.29, 1.82) is 0 Å². The summed E-state index contributed by atoms with van der Waals surface area (Å²) in [5, 5.41) is 0. The third kappa shape index (κ3) is 3.42. The van der Waals surface area contributed by atoms with Crippen molar-refractivity contribution in [3.8, 4) is 5.75 Å². The Balaban J connectivity index is 1.72. The number of ether oxygens (including phenoxy) is 1. The highest BCUT2D eigenvalue weighted by molar-refractivity contribution is 6.32. The molecular formula is C34H33NO4. The minimum Gasteiger partial charge on any atom is -0.494 e. The molecule has 3 unspecified atom stereocenters. The summed E-state index contributed by atoms with van der Waals surface area (Å²) in [5.41, 5.74) is 2.27. The first-order valence-electron chi connectivity index (χ1n) is 13.6. The minimum atomic E-state index is -1.51. The average molecular weight is 520 g/mol. The first-order valence-corrected chi connectivity index (χ1v) is 13.6. The molecule has 3 aliphatic rings. The fourth-order valence-corrected chi connectivity index (χ4v) is 6.91. The van der Waals surface area contributed by atoms with Crippen molar-refractivity contribution in [3.05, 3.63) is 101 Å². The number of carbonyl (C=O) groups excluding carboxylic acids is 3. The van der Waals surface area contributed by atoms with Crippen LogP contribution < -0.4 is 9.64 Å².